The maximum Gasteiger partial charge on any atom is 0.247 e. The molecule has 7 heteroatoms. The Labute approximate surface area is 130 Å². The normalized spacial score (nSPS) is 14.9. The summed E-state index contributed by atoms with van der Waals surface area (Å²) in [5.74, 6) is 1.52. The Bertz CT molecular complexity index is 588. The largest absolute Gasteiger partial charge is 0.378 e. The molecule has 0 unspecified atom stereocenters. The van der Waals surface area contributed by atoms with Crippen LogP contribution in [-0.2, 0) is 11.2 Å². The number of nitrogens with zero attached hydrogens (tertiary/aromatic N) is 6. The van der Waals surface area contributed by atoms with Gasteiger partial charge in [0.1, 0.15) is 0 Å². The van der Waals surface area contributed by atoms with Gasteiger partial charge in [0.2, 0.25) is 5.95 Å². The second-order valence-corrected chi connectivity index (χ2v) is 5.24. The third kappa shape index (κ3) is 3.67. The Kier molecular flexibility index (Phi) is 4.75. The van der Waals surface area contributed by atoms with Crippen LogP contribution in [0.2, 0.25) is 0 Å². The average Bonchev–Trinajstić information content (AvgIpc) is 2.61. The van der Waals surface area contributed by atoms with Crippen molar-refractivity contribution in [3.05, 3.63) is 36.3 Å². The van der Waals surface area contributed by atoms with Crippen LogP contribution in [-0.4, -0.2) is 60.1 Å². The Hall–Kier alpha value is -2.28. The monoisotopic (exact) mass is 300 g/mol. The van der Waals surface area contributed by atoms with Crippen LogP contribution in [0.4, 0.5) is 11.8 Å². The van der Waals surface area contributed by atoms with Gasteiger partial charge >= 0.3 is 0 Å². The molecule has 0 aliphatic carbocycles. The van der Waals surface area contributed by atoms with Crippen molar-refractivity contribution >= 4 is 11.8 Å². The number of rotatable bonds is 5. The molecule has 0 radical (unpaired) electrons. The van der Waals surface area contributed by atoms with Crippen molar-refractivity contribution < 1.29 is 4.74 Å². The number of pyridine rings is 1. The molecule has 1 aliphatic rings. The van der Waals surface area contributed by atoms with E-state index in [-0.39, 0.29) is 0 Å². The zero-order valence-corrected chi connectivity index (χ0v) is 12.7. The SMILES string of the molecule is CN(CCc1ccncc1)c1nncc(N2CCOCC2)n1. The highest BCUT2D eigenvalue weighted by Gasteiger charge is 2.15. The lowest BCUT2D eigenvalue weighted by atomic mass is 10.2. The van der Waals surface area contributed by atoms with Crippen molar-refractivity contribution in [3.8, 4) is 0 Å². The molecule has 0 saturated carbocycles. The van der Waals surface area contributed by atoms with Gasteiger partial charge in [-0.2, -0.15) is 10.1 Å². The number of hydrogen-bond acceptors (Lipinski definition) is 7. The summed E-state index contributed by atoms with van der Waals surface area (Å²) < 4.78 is 5.37. The molecule has 1 saturated heterocycles. The topological polar surface area (TPSA) is 67.3 Å². The Morgan fingerprint density at radius 1 is 1.23 bits per heavy atom. The smallest absolute Gasteiger partial charge is 0.247 e. The van der Waals surface area contributed by atoms with Crippen molar-refractivity contribution in [2.45, 2.75) is 6.42 Å². The van der Waals surface area contributed by atoms with Gasteiger partial charge < -0.3 is 14.5 Å². The summed E-state index contributed by atoms with van der Waals surface area (Å²) in [4.78, 5) is 12.9. The van der Waals surface area contributed by atoms with Crippen LogP contribution in [0.5, 0.6) is 0 Å². The van der Waals surface area contributed by atoms with Crippen molar-refractivity contribution in [2.24, 2.45) is 0 Å². The van der Waals surface area contributed by atoms with E-state index >= 15 is 0 Å². The van der Waals surface area contributed by atoms with Crippen LogP contribution < -0.4 is 9.80 Å². The van der Waals surface area contributed by atoms with Gasteiger partial charge in [-0.05, 0) is 24.1 Å². The maximum absolute atomic E-state index is 5.37. The highest BCUT2D eigenvalue weighted by atomic mass is 16.5. The van der Waals surface area contributed by atoms with Crippen LogP contribution in [0.15, 0.2) is 30.7 Å². The summed E-state index contributed by atoms with van der Waals surface area (Å²) in [5, 5.41) is 8.23. The van der Waals surface area contributed by atoms with E-state index in [1.54, 1.807) is 6.20 Å². The van der Waals surface area contributed by atoms with Crippen LogP contribution in [0, 0.1) is 0 Å². The predicted octanol–water partition coefficient (Wildman–Crippen LogP) is 0.782. The second kappa shape index (κ2) is 7.13. The molecule has 0 amide bonds. The number of hydrogen-bond donors (Lipinski definition) is 0. The lowest BCUT2D eigenvalue weighted by Gasteiger charge is -2.28. The van der Waals surface area contributed by atoms with E-state index in [1.807, 2.05) is 36.5 Å². The Morgan fingerprint density at radius 3 is 2.77 bits per heavy atom. The summed E-state index contributed by atoms with van der Waals surface area (Å²) in [6.45, 7) is 3.99. The fourth-order valence-electron chi connectivity index (χ4n) is 2.34. The highest BCUT2D eigenvalue weighted by molar-refractivity contribution is 5.41. The number of anilines is 2. The van der Waals surface area contributed by atoms with E-state index in [1.165, 1.54) is 5.56 Å². The van der Waals surface area contributed by atoms with Crippen LogP contribution in [0.3, 0.4) is 0 Å². The predicted molar refractivity (Wildman–Crippen MR) is 84.1 cm³/mol. The molecule has 1 aliphatic heterocycles. The van der Waals surface area contributed by atoms with Crippen molar-refractivity contribution in [2.75, 3.05) is 49.7 Å². The van der Waals surface area contributed by atoms with E-state index in [0.717, 1.165) is 45.1 Å². The minimum absolute atomic E-state index is 0.651. The first kappa shape index (κ1) is 14.6. The van der Waals surface area contributed by atoms with Crippen LogP contribution in [0.1, 0.15) is 5.56 Å². The molecule has 3 heterocycles. The quantitative estimate of drug-likeness (QED) is 0.808. The Balaban J connectivity index is 1.63. The molecule has 0 atom stereocenters. The fourth-order valence-corrected chi connectivity index (χ4v) is 2.34. The van der Waals surface area contributed by atoms with Gasteiger partial charge in [-0.3, -0.25) is 4.98 Å². The fraction of sp³-hybridized carbons (Fsp3) is 0.467. The second-order valence-electron chi connectivity index (χ2n) is 5.24. The summed E-state index contributed by atoms with van der Waals surface area (Å²) >= 11 is 0. The van der Waals surface area contributed by atoms with E-state index in [9.17, 15) is 0 Å². The lowest BCUT2D eigenvalue weighted by Crippen LogP contribution is -2.37. The molecular formula is C15H20N6O. The minimum atomic E-state index is 0.651. The van der Waals surface area contributed by atoms with Gasteiger partial charge in [-0.1, -0.05) is 0 Å². The maximum atomic E-state index is 5.37. The van der Waals surface area contributed by atoms with E-state index < -0.39 is 0 Å². The molecule has 0 spiro atoms. The Morgan fingerprint density at radius 2 is 2.00 bits per heavy atom. The molecule has 2 aromatic rings. The molecular weight excluding hydrogens is 280 g/mol. The summed E-state index contributed by atoms with van der Waals surface area (Å²) in [6, 6.07) is 4.05. The first-order chi connectivity index (χ1) is 10.8. The standard InChI is InChI=1S/C15H20N6O/c1-20(7-4-13-2-5-16-6-3-13)15-18-14(12-17-19-15)21-8-10-22-11-9-21/h2-3,5-6,12H,4,7-11H2,1H3. The third-order valence-corrected chi connectivity index (χ3v) is 3.70. The lowest BCUT2D eigenvalue weighted by molar-refractivity contribution is 0.122. The highest BCUT2D eigenvalue weighted by Crippen LogP contribution is 2.14. The van der Waals surface area contributed by atoms with Gasteiger partial charge in [0.15, 0.2) is 5.82 Å². The average molecular weight is 300 g/mol. The number of ether oxygens (including phenoxy) is 1. The molecule has 2 aromatic heterocycles. The first-order valence-electron chi connectivity index (χ1n) is 7.45. The van der Waals surface area contributed by atoms with Gasteiger partial charge in [0.05, 0.1) is 19.4 Å². The third-order valence-electron chi connectivity index (χ3n) is 3.70. The molecule has 3 rings (SSSR count). The van der Waals surface area contributed by atoms with Gasteiger partial charge in [-0.15, -0.1) is 5.10 Å². The van der Waals surface area contributed by atoms with Crippen LogP contribution in [0.25, 0.3) is 0 Å². The molecule has 0 bridgehead atoms. The van der Waals surface area contributed by atoms with Gasteiger partial charge in [-0.25, -0.2) is 0 Å². The zero-order chi connectivity index (χ0) is 15.2. The molecule has 7 nitrogen and oxygen atoms in total. The summed E-state index contributed by atoms with van der Waals surface area (Å²) in [7, 11) is 1.99. The van der Waals surface area contributed by atoms with E-state index in [2.05, 4.69) is 25.1 Å². The molecule has 0 N–H and O–H groups in total. The zero-order valence-electron chi connectivity index (χ0n) is 12.7. The molecule has 1 fully saturated rings. The molecule has 0 aromatic carbocycles. The summed E-state index contributed by atoms with van der Waals surface area (Å²) in [6.07, 6.45) is 6.26. The number of likely N-dealkylation sites (N-methyl/N-ethyl adjacent to an activating group) is 1. The van der Waals surface area contributed by atoms with Crippen molar-refractivity contribution in [3.63, 3.8) is 0 Å². The summed E-state index contributed by atoms with van der Waals surface area (Å²) in [5.41, 5.74) is 1.25. The minimum Gasteiger partial charge on any atom is -0.378 e. The van der Waals surface area contributed by atoms with Crippen LogP contribution >= 0.6 is 0 Å². The number of aromatic nitrogens is 4. The molecule has 116 valence electrons. The van der Waals surface area contributed by atoms with E-state index in [4.69, 9.17) is 4.74 Å². The van der Waals surface area contributed by atoms with Gasteiger partial charge in [0, 0.05) is 39.1 Å². The van der Waals surface area contributed by atoms with E-state index in [0.29, 0.717) is 5.95 Å². The van der Waals surface area contributed by atoms with Crippen molar-refractivity contribution in [1.82, 2.24) is 20.2 Å². The first-order valence-corrected chi connectivity index (χ1v) is 7.45. The van der Waals surface area contributed by atoms with Crippen molar-refractivity contribution in [1.29, 1.82) is 0 Å². The van der Waals surface area contributed by atoms with Gasteiger partial charge in [0.25, 0.3) is 0 Å². The number of morpholine rings is 1. The molecule has 22 heavy (non-hydrogen) atoms.